The van der Waals surface area contributed by atoms with E-state index in [4.69, 9.17) is 17.3 Å². The minimum atomic E-state index is -0.536. The lowest BCUT2D eigenvalue weighted by Gasteiger charge is -2.23. The molecular formula is C14H18ClN3O2. The minimum Gasteiger partial charge on any atom is -0.398 e. The summed E-state index contributed by atoms with van der Waals surface area (Å²) >= 11 is 5.83. The monoisotopic (exact) mass is 295 g/mol. The number of halogens is 1. The van der Waals surface area contributed by atoms with Crippen LogP contribution in [0.5, 0.6) is 0 Å². The Hall–Kier alpha value is -1.75. The van der Waals surface area contributed by atoms with E-state index in [-0.39, 0.29) is 11.8 Å². The summed E-state index contributed by atoms with van der Waals surface area (Å²) in [6, 6.07) is 4.82. The van der Waals surface area contributed by atoms with Gasteiger partial charge in [0, 0.05) is 30.8 Å². The lowest BCUT2D eigenvalue weighted by Crippen LogP contribution is -2.40. The molecule has 1 heterocycles. The first kappa shape index (κ1) is 14.7. The zero-order chi connectivity index (χ0) is 14.9. The van der Waals surface area contributed by atoms with E-state index in [1.165, 1.54) is 0 Å². The molecule has 1 aromatic rings. The van der Waals surface area contributed by atoms with Crippen LogP contribution in [0.15, 0.2) is 18.2 Å². The van der Waals surface area contributed by atoms with Crippen molar-refractivity contribution in [1.29, 1.82) is 0 Å². The van der Waals surface area contributed by atoms with Gasteiger partial charge in [-0.2, -0.15) is 0 Å². The zero-order valence-electron chi connectivity index (χ0n) is 11.6. The molecule has 1 aliphatic heterocycles. The van der Waals surface area contributed by atoms with Crippen molar-refractivity contribution in [3.05, 3.63) is 28.8 Å². The van der Waals surface area contributed by atoms with Crippen molar-refractivity contribution < 1.29 is 9.59 Å². The number of likely N-dealkylation sites (tertiary alicyclic amines) is 1. The first-order valence-corrected chi connectivity index (χ1v) is 6.82. The van der Waals surface area contributed by atoms with E-state index >= 15 is 0 Å². The summed E-state index contributed by atoms with van der Waals surface area (Å²) in [6.07, 6.45) is 0.645. The fourth-order valence-electron chi connectivity index (χ4n) is 2.52. The van der Waals surface area contributed by atoms with Crippen LogP contribution in [0.4, 0.5) is 5.69 Å². The number of hydrogen-bond donors (Lipinski definition) is 2. The van der Waals surface area contributed by atoms with E-state index in [9.17, 15) is 9.59 Å². The van der Waals surface area contributed by atoms with Gasteiger partial charge in [-0.15, -0.1) is 0 Å². The van der Waals surface area contributed by atoms with Gasteiger partial charge in [0.15, 0.2) is 0 Å². The highest BCUT2D eigenvalue weighted by molar-refractivity contribution is 6.31. The maximum absolute atomic E-state index is 12.4. The van der Waals surface area contributed by atoms with Gasteiger partial charge in [0.05, 0.1) is 11.0 Å². The summed E-state index contributed by atoms with van der Waals surface area (Å²) < 4.78 is 0. The third kappa shape index (κ3) is 2.58. The Morgan fingerprint density at radius 1 is 1.45 bits per heavy atom. The Labute approximate surface area is 123 Å². The SMILES string of the molecule is CNC(=O)C1(C)CCN(C(=O)c2ccc(Cl)cc2N)C1. The van der Waals surface area contributed by atoms with Crippen molar-refractivity contribution in [1.82, 2.24) is 10.2 Å². The van der Waals surface area contributed by atoms with Crippen LogP contribution in [0.2, 0.25) is 5.02 Å². The van der Waals surface area contributed by atoms with E-state index in [1.54, 1.807) is 30.1 Å². The van der Waals surface area contributed by atoms with Gasteiger partial charge in [-0.1, -0.05) is 11.6 Å². The molecule has 2 amide bonds. The Kier molecular flexibility index (Phi) is 3.90. The first-order chi connectivity index (χ1) is 9.37. The molecule has 2 rings (SSSR count). The van der Waals surface area contributed by atoms with Crippen molar-refractivity contribution >= 4 is 29.1 Å². The number of nitrogens with zero attached hydrogens (tertiary/aromatic N) is 1. The van der Waals surface area contributed by atoms with E-state index in [0.717, 1.165) is 0 Å². The maximum Gasteiger partial charge on any atom is 0.255 e. The summed E-state index contributed by atoms with van der Waals surface area (Å²) in [6.45, 7) is 2.81. The van der Waals surface area contributed by atoms with Crippen molar-refractivity contribution in [3.63, 3.8) is 0 Å². The van der Waals surface area contributed by atoms with Gasteiger partial charge < -0.3 is 16.0 Å². The molecular weight excluding hydrogens is 278 g/mol. The molecule has 108 valence electrons. The molecule has 0 aromatic heterocycles. The summed E-state index contributed by atoms with van der Waals surface area (Å²) in [4.78, 5) is 26.0. The Balaban J connectivity index is 2.18. The summed E-state index contributed by atoms with van der Waals surface area (Å²) in [7, 11) is 1.61. The molecule has 20 heavy (non-hydrogen) atoms. The van der Waals surface area contributed by atoms with Gasteiger partial charge >= 0.3 is 0 Å². The average Bonchev–Trinajstić information content (AvgIpc) is 2.81. The summed E-state index contributed by atoms with van der Waals surface area (Å²) in [5.41, 5.74) is 6.08. The summed E-state index contributed by atoms with van der Waals surface area (Å²) in [5, 5.41) is 3.14. The highest BCUT2D eigenvalue weighted by Crippen LogP contribution is 2.32. The van der Waals surface area contributed by atoms with E-state index < -0.39 is 5.41 Å². The number of carbonyl (C=O) groups is 2. The van der Waals surface area contributed by atoms with E-state index in [0.29, 0.717) is 35.8 Å². The van der Waals surface area contributed by atoms with Crippen LogP contribution < -0.4 is 11.1 Å². The Bertz CT molecular complexity index is 561. The molecule has 0 saturated carbocycles. The van der Waals surface area contributed by atoms with Crippen molar-refractivity contribution in [2.24, 2.45) is 5.41 Å². The van der Waals surface area contributed by atoms with Crippen molar-refractivity contribution in [3.8, 4) is 0 Å². The number of hydrogen-bond acceptors (Lipinski definition) is 3. The maximum atomic E-state index is 12.4. The standard InChI is InChI=1S/C14H18ClN3O2/c1-14(13(20)17-2)5-6-18(8-14)12(19)10-4-3-9(15)7-11(10)16/h3-4,7H,5-6,8,16H2,1-2H3,(H,17,20). The summed E-state index contributed by atoms with van der Waals surface area (Å²) in [5.74, 6) is -0.205. The second kappa shape index (κ2) is 5.32. The largest absolute Gasteiger partial charge is 0.398 e. The van der Waals surface area contributed by atoms with Gasteiger partial charge in [-0.3, -0.25) is 9.59 Å². The first-order valence-electron chi connectivity index (χ1n) is 6.44. The molecule has 0 aliphatic carbocycles. The number of nitrogen functional groups attached to an aromatic ring is 1. The second-order valence-electron chi connectivity index (χ2n) is 5.35. The Morgan fingerprint density at radius 2 is 2.15 bits per heavy atom. The number of rotatable bonds is 2. The average molecular weight is 296 g/mol. The molecule has 1 unspecified atom stereocenters. The number of nitrogens with one attached hydrogen (secondary N) is 1. The van der Waals surface area contributed by atoms with Gasteiger partial charge in [0.25, 0.3) is 5.91 Å². The molecule has 1 aliphatic rings. The predicted molar refractivity (Wildman–Crippen MR) is 78.6 cm³/mol. The zero-order valence-corrected chi connectivity index (χ0v) is 12.3. The lowest BCUT2D eigenvalue weighted by molar-refractivity contribution is -0.128. The van der Waals surface area contributed by atoms with Gasteiger partial charge in [-0.25, -0.2) is 0 Å². The highest BCUT2D eigenvalue weighted by atomic mass is 35.5. The molecule has 1 aromatic carbocycles. The second-order valence-corrected chi connectivity index (χ2v) is 5.78. The number of anilines is 1. The van der Waals surface area contributed by atoms with Crippen LogP contribution in [0.1, 0.15) is 23.7 Å². The van der Waals surface area contributed by atoms with E-state index in [2.05, 4.69) is 5.32 Å². The third-order valence-corrected chi connectivity index (χ3v) is 4.01. The molecule has 1 saturated heterocycles. The van der Waals surface area contributed by atoms with E-state index in [1.807, 2.05) is 6.92 Å². The number of carbonyl (C=O) groups excluding carboxylic acids is 2. The van der Waals surface area contributed by atoms with Crippen molar-refractivity contribution in [2.75, 3.05) is 25.9 Å². The van der Waals surface area contributed by atoms with Gasteiger partial charge in [-0.05, 0) is 31.5 Å². The fraction of sp³-hybridized carbons (Fsp3) is 0.429. The van der Waals surface area contributed by atoms with Crippen LogP contribution in [-0.2, 0) is 4.79 Å². The molecule has 3 N–H and O–H groups in total. The minimum absolute atomic E-state index is 0.0446. The van der Waals surface area contributed by atoms with Crippen LogP contribution in [0.25, 0.3) is 0 Å². The highest BCUT2D eigenvalue weighted by Gasteiger charge is 2.41. The lowest BCUT2D eigenvalue weighted by atomic mass is 9.89. The van der Waals surface area contributed by atoms with Crippen molar-refractivity contribution in [2.45, 2.75) is 13.3 Å². The molecule has 1 atom stereocenters. The predicted octanol–water partition coefficient (Wildman–Crippen LogP) is 1.52. The van der Waals surface area contributed by atoms with Crippen LogP contribution in [-0.4, -0.2) is 36.9 Å². The molecule has 0 bridgehead atoms. The topological polar surface area (TPSA) is 75.4 Å². The van der Waals surface area contributed by atoms with Crippen LogP contribution >= 0.6 is 11.6 Å². The number of amides is 2. The number of benzene rings is 1. The van der Waals surface area contributed by atoms with Gasteiger partial charge in [0.2, 0.25) is 5.91 Å². The third-order valence-electron chi connectivity index (χ3n) is 3.78. The molecule has 1 fully saturated rings. The smallest absolute Gasteiger partial charge is 0.255 e. The normalized spacial score (nSPS) is 21.9. The molecule has 0 radical (unpaired) electrons. The molecule has 0 spiro atoms. The molecule has 5 nitrogen and oxygen atoms in total. The van der Waals surface area contributed by atoms with Crippen LogP contribution in [0, 0.1) is 5.41 Å². The fourth-order valence-corrected chi connectivity index (χ4v) is 2.70. The Morgan fingerprint density at radius 3 is 2.75 bits per heavy atom. The number of nitrogens with two attached hydrogens (primary N) is 1. The molecule has 6 heteroatoms. The van der Waals surface area contributed by atoms with Gasteiger partial charge in [0.1, 0.15) is 0 Å². The quantitative estimate of drug-likeness (QED) is 0.812. The van der Waals surface area contributed by atoms with Crippen LogP contribution in [0.3, 0.4) is 0 Å².